The van der Waals surface area contributed by atoms with Gasteiger partial charge in [0.15, 0.2) is 0 Å². The Bertz CT molecular complexity index is 850. The number of carbonyl (C=O) groups is 1. The average Bonchev–Trinajstić information content (AvgIpc) is 2.86. The van der Waals surface area contributed by atoms with E-state index < -0.39 is 0 Å². The lowest BCUT2D eigenvalue weighted by Gasteiger charge is -2.10. The Morgan fingerprint density at radius 2 is 1.83 bits per heavy atom. The Morgan fingerprint density at radius 1 is 1.13 bits per heavy atom. The highest BCUT2D eigenvalue weighted by atomic mass is 19.1. The van der Waals surface area contributed by atoms with Gasteiger partial charge in [0.25, 0.3) is 5.91 Å². The molecule has 1 N–H and O–H groups in total. The highest BCUT2D eigenvalue weighted by Gasteiger charge is 2.18. The summed E-state index contributed by atoms with van der Waals surface area (Å²) in [6, 6.07) is 14.2. The summed E-state index contributed by atoms with van der Waals surface area (Å²) in [6.45, 7) is 5.11. The predicted octanol–water partition coefficient (Wildman–Crippen LogP) is 4.04. The number of nitrogens with zero attached hydrogens (tertiary/aromatic N) is 1. The van der Waals surface area contributed by atoms with Crippen LogP contribution in [0.5, 0.6) is 0 Å². The minimum atomic E-state index is -0.276. The highest BCUT2D eigenvalue weighted by Crippen LogP contribution is 2.25. The number of fused-ring (bicyclic) bond motifs is 1. The van der Waals surface area contributed by atoms with Gasteiger partial charge in [0.1, 0.15) is 11.5 Å². The molecule has 3 rings (SSSR count). The van der Waals surface area contributed by atoms with E-state index in [9.17, 15) is 9.18 Å². The molecule has 1 heterocycles. The molecule has 3 nitrogen and oxygen atoms in total. The molecule has 0 bridgehead atoms. The number of hydrogen-bond donors (Lipinski definition) is 1. The molecule has 23 heavy (non-hydrogen) atoms. The van der Waals surface area contributed by atoms with Crippen LogP contribution < -0.4 is 5.32 Å². The maximum absolute atomic E-state index is 12.9. The zero-order valence-electron chi connectivity index (χ0n) is 13.3. The molecule has 118 valence electrons. The van der Waals surface area contributed by atoms with Gasteiger partial charge in [-0.25, -0.2) is 4.39 Å². The Hall–Kier alpha value is -2.62. The van der Waals surface area contributed by atoms with Crippen LogP contribution in [-0.2, 0) is 13.1 Å². The largest absolute Gasteiger partial charge is 0.347 e. The number of carbonyl (C=O) groups excluding carboxylic acids is 1. The molecule has 1 aromatic heterocycles. The first-order chi connectivity index (χ1) is 11.1. The number of amides is 1. The van der Waals surface area contributed by atoms with Gasteiger partial charge in [0.05, 0.1) is 0 Å². The van der Waals surface area contributed by atoms with Crippen molar-refractivity contribution in [2.24, 2.45) is 0 Å². The van der Waals surface area contributed by atoms with Crippen LogP contribution in [0.4, 0.5) is 4.39 Å². The van der Waals surface area contributed by atoms with Crippen molar-refractivity contribution in [1.82, 2.24) is 9.88 Å². The number of halogens is 1. The topological polar surface area (TPSA) is 34.0 Å². The second-order valence-corrected chi connectivity index (χ2v) is 5.54. The fourth-order valence-corrected chi connectivity index (χ4v) is 2.97. The van der Waals surface area contributed by atoms with Crippen molar-refractivity contribution in [3.05, 3.63) is 71.2 Å². The van der Waals surface area contributed by atoms with Crippen molar-refractivity contribution >= 4 is 16.8 Å². The van der Waals surface area contributed by atoms with Crippen LogP contribution in [0.15, 0.2) is 48.5 Å². The lowest BCUT2D eigenvalue weighted by molar-refractivity contribution is 0.0941. The molecule has 0 saturated heterocycles. The molecular weight excluding hydrogens is 291 g/mol. The van der Waals surface area contributed by atoms with Gasteiger partial charge < -0.3 is 9.88 Å². The first-order valence-corrected chi connectivity index (χ1v) is 7.72. The quantitative estimate of drug-likeness (QED) is 0.775. The van der Waals surface area contributed by atoms with E-state index in [1.54, 1.807) is 12.1 Å². The van der Waals surface area contributed by atoms with Crippen molar-refractivity contribution in [2.75, 3.05) is 0 Å². The predicted molar refractivity (Wildman–Crippen MR) is 89.9 cm³/mol. The van der Waals surface area contributed by atoms with Crippen molar-refractivity contribution < 1.29 is 9.18 Å². The van der Waals surface area contributed by atoms with Gasteiger partial charge in [-0.15, -0.1) is 0 Å². The molecule has 0 aliphatic heterocycles. The van der Waals surface area contributed by atoms with Crippen molar-refractivity contribution in [3.63, 3.8) is 0 Å². The van der Waals surface area contributed by atoms with Gasteiger partial charge in [0.2, 0.25) is 0 Å². The summed E-state index contributed by atoms with van der Waals surface area (Å²) in [5.74, 6) is -0.382. The zero-order valence-corrected chi connectivity index (χ0v) is 13.3. The van der Waals surface area contributed by atoms with Crippen LogP contribution in [0, 0.1) is 12.7 Å². The van der Waals surface area contributed by atoms with Gasteiger partial charge in [-0.3, -0.25) is 4.79 Å². The van der Waals surface area contributed by atoms with E-state index in [1.807, 2.05) is 42.7 Å². The van der Waals surface area contributed by atoms with Gasteiger partial charge in [0, 0.05) is 24.0 Å². The maximum Gasteiger partial charge on any atom is 0.268 e. The van der Waals surface area contributed by atoms with Crippen LogP contribution in [0.3, 0.4) is 0 Å². The van der Waals surface area contributed by atoms with E-state index >= 15 is 0 Å². The third kappa shape index (κ3) is 2.84. The van der Waals surface area contributed by atoms with Crippen LogP contribution in [0.1, 0.15) is 28.5 Å². The Kier molecular flexibility index (Phi) is 4.15. The molecule has 3 aromatic rings. The molecule has 0 fully saturated rings. The number of rotatable bonds is 4. The zero-order chi connectivity index (χ0) is 16.4. The summed E-state index contributed by atoms with van der Waals surface area (Å²) in [7, 11) is 0. The third-order valence-corrected chi connectivity index (χ3v) is 4.12. The van der Waals surface area contributed by atoms with Crippen molar-refractivity contribution in [3.8, 4) is 0 Å². The van der Waals surface area contributed by atoms with Gasteiger partial charge in [-0.2, -0.15) is 0 Å². The first kappa shape index (κ1) is 15.3. The molecule has 0 radical (unpaired) electrons. The average molecular weight is 310 g/mol. The number of aryl methyl sites for hydroxylation is 2. The van der Waals surface area contributed by atoms with E-state index in [0.29, 0.717) is 12.2 Å². The summed E-state index contributed by atoms with van der Waals surface area (Å²) in [4.78, 5) is 12.6. The smallest absolute Gasteiger partial charge is 0.268 e. The van der Waals surface area contributed by atoms with E-state index in [0.717, 1.165) is 28.6 Å². The van der Waals surface area contributed by atoms with E-state index in [4.69, 9.17) is 0 Å². The molecule has 4 heteroatoms. The standard InChI is InChI=1S/C19H19FN2O/c1-3-22-17-7-5-4-6-16(17)13(2)18(22)19(23)21-12-14-8-10-15(20)11-9-14/h4-11H,3,12H2,1-2H3,(H,21,23). The fraction of sp³-hybridized carbons (Fsp3) is 0.211. The van der Waals surface area contributed by atoms with Crippen LogP contribution in [0.2, 0.25) is 0 Å². The van der Waals surface area contributed by atoms with Crippen molar-refractivity contribution in [2.45, 2.75) is 26.9 Å². The Labute approximate surface area is 134 Å². The second kappa shape index (κ2) is 6.24. The lowest BCUT2D eigenvalue weighted by atomic mass is 10.1. The van der Waals surface area contributed by atoms with E-state index in [2.05, 4.69) is 5.32 Å². The summed E-state index contributed by atoms with van der Waals surface area (Å²) in [5.41, 5.74) is 3.62. The minimum Gasteiger partial charge on any atom is -0.347 e. The van der Waals surface area contributed by atoms with Crippen LogP contribution in [0.25, 0.3) is 10.9 Å². The molecule has 0 aliphatic carbocycles. The fourth-order valence-electron chi connectivity index (χ4n) is 2.97. The van der Waals surface area contributed by atoms with Crippen molar-refractivity contribution in [1.29, 1.82) is 0 Å². The molecule has 2 aromatic carbocycles. The molecule has 0 atom stereocenters. The molecule has 0 saturated carbocycles. The number of aromatic nitrogens is 1. The Morgan fingerprint density at radius 3 is 2.52 bits per heavy atom. The van der Waals surface area contributed by atoms with Crippen LogP contribution >= 0.6 is 0 Å². The first-order valence-electron chi connectivity index (χ1n) is 7.72. The van der Waals surface area contributed by atoms with Gasteiger partial charge in [-0.05, 0) is 43.2 Å². The normalized spacial score (nSPS) is 10.9. The summed E-state index contributed by atoms with van der Waals surface area (Å²) in [5, 5.41) is 4.03. The number of hydrogen-bond acceptors (Lipinski definition) is 1. The van der Waals surface area contributed by atoms with Gasteiger partial charge in [-0.1, -0.05) is 30.3 Å². The second-order valence-electron chi connectivity index (χ2n) is 5.54. The monoisotopic (exact) mass is 310 g/mol. The summed E-state index contributed by atoms with van der Waals surface area (Å²) < 4.78 is 15.0. The summed E-state index contributed by atoms with van der Waals surface area (Å²) in [6.07, 6.45) is 0. The maximum atomic E-state index is 12.9. The van der Waals surface area contributed by atoms with Crippen LogP contribution in [-0.4, -0.2) is 10.5 Å². The lowest BCUT2D eigenvalue weighted by Crippen LogP contribution is -2.26. The number of benzene rings is 2. The molecule has 0 unspecified atom stereocenters. The van der Waals surface area contributed by atoms with E-state index in [1.165, 1.54) is 12.1 Å². The SMILES string of the molecule is CCn1c(C(=O)NCc2ccc(F)cc2)c(C)c2ccccc21. The molecular formula is C19H19FN2O. The van der Waals surface area contributed by atoms with E-state index in [-0.39, 0.29) is 11.7 Å². The third-order valence-electron chi connectivity index (χ3n) is 4.12. The number of para-hydroxylation sites is 1. The van der Waals surface area contributed by atoms with Gasteiger partial charge >= 0.3 is 0 Å². The molecule has 0 spiro atoms. The molecule has 0 aliphatic rings. The minimum absolute atomic E-state index is 0.107. The number of nitrogens with one attached hydrogen (secondary N) is 1. The summed E-state index contributed by atoms with van der Waals surface area (Å²) >= 11 is 0. The molecule has 1 amide bonds. The Balaban J connectivity index is 1.88. The highest BCUT2D eigenvalue weighted by molar-refractivity contribution is 6.01.